The van der Waals surface area contributed by atoms with Gasteiger partial charge in [-0.2, -0.15) is 9.97 Å². The third kappa shape index (κ3) is 4.42. The van der Waals surface area contributed by atoms with Crippen LogP contribution < -0.4 is 15.4 Å². The zero-order valence-corrected chi connectivity index (χ0v) is 13.9. The van der Waals surface area contributed by atoms with Gasteiger partial charge in [0.1, 0.15) is 0 Å². The standard InChI is InChI=1S/C17H22N4O2/c1-5-13-7-9-14(10-8-13)20-16(22)21-15-11(3)18-17(23-6-2)19-12(15)4/h7-10H,5-6H2,1-4H3,(H2,20,21,22). The molecule has 2 N–H and O–H groups in total. The summed E-state index contributed by atoms with van der Waals surface area (Å²) in [6.45, 7) is 8.08. The van der Waals surface area contributed by atoms with Crippen molar-refractivity contribution in [2.24, 2.45) is 0 Å². The Labute approximate surface area is 136 Å². The van der Waals surface area contributed by atoms with Crippen LogP contribution in [0.15, 0.2) is 24.3 Å². The van der Waals surface area contributed by atoms with Crippen LogP contribution in [0.3, 0.4) is 0 Å². The third-order valence-corrected chi connectivity index (χ3v) is 3.38. The molecule has 0 spiro atoms. The number of benzene rings is 1. The number of nitrogens with zero attached hydrogens (tertiary/aromatic N) is 2. The summed E-state index contributed by atoms with van der Waals surface area (Å²) in [5, 5.41) is 5.59. The summed E-state index contributed by atoms with van der Waals surface area (Å²) in [6.07, 6.45) is 0.967. The maximum atomic E-state index is 12.1. The van der Waals surface area contributed by atoms with E-state index in [1.54, 1.807) is 0 Å². The molecule has 0 saturated carbocycles. The van der Waals surface area contributed by atoms with Crippen LogP contribution in [0, 0.1) is 13.8 Å². The first kappa shape index (κ1) is 16.7. The van der Waals surface area contributed by atoms with E-state index in [4.69, 9.17) is 4.74 Å². The second-order valence-electron chi connectivity index (χ2n) is 5.11. The number of carbonyl (C=O) groups is 1. The van der Waals surface area contributed by atoms with Crippen molar-refractivity contribution >= 4 is 17.4 Å². The number of anilines is 2. The van der Waals surface area contributed by atoms with E-state index < -0.39 is 0 Å². The molecule has 6 nitrogen and oxygen atoms in total. The summed E-state index contributed by atoms with van der Waals surface area (Å²) >= 11 is 0. The van der Waals surface area contributed by atoms with Crippen LogP contribution in [-0.4, -0.2) is 22.6 Å². The SMILES string of the molecule is CCOc1nc(C)c(NC(=O)Nc2ccc(CC)cc2)c(C)n1. The minimum Gasteiger partial charge on any atom is -0.464 e. The molecule has 0 unspecified atom stereocenters. The van der Waals surface area contributed by atoms with E-state index >= 15 is 0 Å². The number of carbonyl (C=O) groups excluding carboxylic acids is 1. The smallest absolute Gasteiger partial charge is 0.323 e. The van der Waals surface area contributed by atoms with Gasteiger partial charge < -0.3 is 15.4 Å². The highest BCUT2D eigenvalue weighted by Gasteiger charge is 2.12. The molecular formula is C17H22N4O2. The van der Waals surface area contributed by atoms with E-state index in [9.17, 15) is 4.79 Å². The van der Waals surface area contributed by atoms with E-state index in [-0.39, 0.29) is 6.03 Å². The van der Waals surface area contributed by atoms with E-state index in [0.29, 0.717) is 29.7 Å². The molecule has 0 radical (unpaired) electrons. The largest absolute Gasteiger partial charge is 0.464 e. The average molecular weight is 314 g/mol. The number of aromatic nitrogens is 2. The molecule has 2 rings (SSSR count). The van der Waals surface area contributed by atoms with Gasteiger partial charge in [0.05, 0.1) is 23.7 Å². The molecule has 0 aliphatic heterocycles. The molecule has 122 valence electrons. The Kier molecular flexibility index (Phi) is 5.51. The lowest BCUT2D eigenvalue weighted by atomic mass is 10.1. The molecule has 0 saturated heterocycles. The highest BCUT2D eigenvalue weighted by Crippen LogP contribution is 2.20. The van der Waals surface area contributed by atoms with Gasteiger partial charge >= 0.3 is 12.0 Å². The predicted molar refractivity (Wildman–Crippen MR) is 91.1 cm³/mol. The molecule has 2 amide bonds. The van der Waals surface area contributed by atoms with Gasteiger partial charge in [0, 0.05) is 5.69 Å². The fraction of sp³-hybridized carbons (Fsp3) is 0.353. The fourth-order valence-corrected chi connectivity index (χ4v) is 2.16. The number of rotatable bonds is 5. The van der Waals surface area contributed by atoms with Gasteiger partial charge in [-0.3, -0.25) is 0 Å². The van der Waals surface area contributed by atoms with E-state index in [1.807, 2.05) is 45.0 Å². The molecule has 0 atom stereocenters. The Hall–Kier alpha value is -2.63. The number of nitrogens with one attached hydrogen (secondary N) is 2. The van der Waals surface area contributed by atoms with Crippen LogP contribution in [0.4, 0.5) is 16.2 Å². The Morgan fingerprint density at radius 1 is 1.04 bits per heavy atom. The molecule has 2 aromatic rings. The Balaban J connectivity index is 2.07. The maximum absolute atomic E-state index is 12.1. The van der Waals surface area contributed by atoms with E-state index in [1.165, 1.54) is 5.56 Å². The number of ether oxygens (including phenoxy) is 1. The topological polar surface area (TPSA) is 76.1 Å². The summed E-state index contributed by atoms with van der Waals surface area (Å²) in [7, 11) is 0. The van der Waals surface area contributed by atoms with Gasteiger partial charge in [0.25, 0.3) is 0 Å². The quantitative estimate of drug-likeness (QED) is 0.882. The minimum atomic E-state index is -0.326. The summed E-state index contributed by atoms with van der Waals surface area (Å²) in [5.41, 5.74) is 3.88. The Morgan fingerprint density at radius 3 is 2.17 bits per heavy atom. The lowest BCUT2D eigenvalue weighted by molar-refractivity contribution is 0.262. The zero-order chi connectivity index (χ0) is 16.8. The number of hydrogen-bond acceptors (Lipinski definition) is 4. The second kappa shape index (κ2) is 7.58. The number of urea groups is 1. The van der Waals surface area contributed by atoms with Gasteiger partial charge in [-0.05, 0) is 44.9 Å². The number of aryl methyl sites for hydroxylation is 3. The van der Waals surface area contributed by atoms with Crippen LogP contribution in [0.5, 0.6) is 6.01 Å². The van der Waals surface area contributed by atoms with Crippen LogP contribution in [0.25, 0.3) is 0 Å². The Morgan fingerprint density at radius 2 is 1.65 bits per heavy atom. The summed E-state index contributed by atoms with van der Waals surface area (Å²) in [4.78, 5) is 20.6. The number of amides is 2. The van der Waals surface area contributed by atoms with Crippen molar-refractivity contribution in [3.63, 3.8) is 0 Å². The minimum absolute atomic E-state index is 0.323. The molecule has 6 heteroatoms. The molecule has 0 fully saturated rings. The average Bonchev–Trinajstić information content (AvgIpc) is 2.52. The normalized spacial score (nSPS) is 10.3. The highest BCUT2D eigenvalue weighted by atomic mass is 16.5. The lowest BCUT2D eigenvalue weighted by Crippen LogP contribution is -2.21. The van der Waals surface area contributed by atoms with Crippen LogP contribution in [-0.2, 0) is 6.42 Å². The van der Waals surface area contributed by atoms with E-state index in [2.05, 4.69) is 27.5 Å². The zero-order valence-electron chi connectivity index (χ0n) is 13.9. The van der Waals surface area contributed by atoms with Crippen LogP contribution in [0.2, 0.25) is 0 Å². The molecule has 0 bridgehead atoms. The molecule has 1 aromatic carbocycles. The van der Waals surface area contributed by atoms with Gasteiger partial charge in [-0.15, -0.1) is 0 Å². The van der Waals surface area contributed by atoms with Crippen molar-refractivity contribution < 1.29 is 9.53 Å². The molecular weight excluding hydrogens is 292 g/mol. The summed E-state index contributed by atoms with van der Waals surface area (Å²) < 4.78 is 5.29. The molecule has 0 aliphatic rings. The lowest BCUT2D eigenvalue weighted by Gasteiger charge is -2.13. The van der Waals surface area contributed by atoms with E-state index in [0.717, 1.165) is 12.1 Å². The molecule has 0 aliphatic carbocycles. The van der Waals surface area contributed by atoms with Crippen molar-refractivity contribution in [2.45, 2.75) is 34.1 Å². The van der Waals surface area contributed by atoms with Crippen molar-refractivity contribution in [1.29, 1.82) is 0 Å². The van der Waals surface area contributed by atoms with Crippen molar-refractivity contribution in [3.05, 3.63) is 41.2 Å². The monoisotopic (exact) mass is 314 g/mol. The molecule has 23 heavy (non-hydrogen) atoms. The van der Waals surface area contributed by atoms with Crippen molar-refractivity contribution in [3.8, 4) is 6.01 Å². The highest BCUT2D eigenvalue weighted by molar-refractivity contribution is 6.00. The van der Waals surface area contributed by atoms with Crippen LogP contribution >= 0.6 is 0 Å². The first-order valence-electron chi connectivity index (χ1n) is 7.68. The van der Waals surface area contributed by atoms with Gasteiger partial charge in [-0.1, -0.05) is 19.1 Å². The Bertz CT molecular complexity index is 660. The molecule has 1 heterocycles. The number of hydrogen-bond donors (Lipinski definition) is 2. The summed E-state index contributed by atoms with van der Waals surface area (Å²) in [5.74, 6) is 0. The molecule has 1 aromatic heterocycles. The predicted octanol–water partition coefficient (Wildman–Crippen LogP) is 3.70. The van der Waals surface area contributed by atoms with Gasteiger partial charge in [0.2, 0.25) is 0 Å². The van der Waals surface area contributed by atoms with Gasteiger partial charge in [-0.25, -0.2) is 4.79 Å². The van der Waals surface area contributed by atoms with Crippen LogP contribution in [0.1, 0.15) is 30.8 Å². The first-order valence-corrected chi connectivity index (χ1v) is 7.68. The fourth-order valence-electron chi connectivity index (χ4n) is 2.16. The third-order valence-electron chi connectivity index (χ3n) is 3.38. The van der Waals surface area contributed by atoms with Gasteiger partial charge in [0.15, 0.2) is 0 Å². The van der Waals surface area contributed by atoms with Crippen molar-refractivity contribution in [2.75, 3.05) is 17.2 Å². The summed E-state index contributed by atoms with van der Waals surface area (Å²) in [6, 6.07) is 7.74. The first-order chi connectivity index (χ1) is 11.0. The second-order valence-corrected chi connectivity index (χ2v) is 5.11. The van der Waals surface area contributed by atoms with Crippen molar-refractivity contribution in [1.82, 2.24) is 9.97 Å². The maximum Gasteiger partial charge on any atom is 0.323 e.